The maximum atomic E-state index is 13.0. The van der Waals surface area contributed by atoms with Crippen LogP contribution < -0.4 is 9.47 Å². The number of esters is 2. The van der Waals surface area contributed by atoms with Gasteiger partial charge in [0.2, 0.25) is 0 Å². The molecule has 0 spiro atoms. The molecule has 270 valence electrons. The van der Waals surface area contributed by atoms with Crippen molar-refractivity contribution in [1.29, 1.82) is 0 Å². The van der Waals surface area contributed by atoms with E-state index in [4.69, 9.17) is 37.9 Å². The third-order valence-corrected chi connectivity index (χ3v) is 7.95. The summed E-state index contributed by atoms with van der Waals surface area (Å²) in [6, 6.07) is 9.13. The molecule has 2 aliphatic heterocycles. The van der Waals surface area contributed by atoms with Gasteiger partial charge in [-0.3, -0.25) is 4.79 Å². The molecular weight excluding hydrogens is 652 g/mol. The van der Waals surface area contributed by atoms with Crippen LogP contribution in [0.3, 0.4) is 0 Å². The quantitative estimate of drug-likeness (QED) is 0.121. The number of benzene rings is 2. The van der Waals surface area contributed by atoms with E-state index in [9.17, 15) is 40.2 Å². The maximum absolute atomic E-state index is 13.0. The molecule has 0 saturated carbocycles. The van der Waals surface area contributed by atoms with E-state index in [1.165, 1.54) is 51.5 Å². The second kappa shape index (κ2) is 17.1. The normalized spacial score (nSPS) is 30.1. The Morgan fingerprint density at radius 2 is 1.57 bits per heavy atom. The van der Waals surface area contributed by atoms with Gasteiger partial charge in [0, 0.05) is 13.0 Å². The van der Waals surface area contributed by atoms with E-state index in [0.717, 1.165) is 13.0 Å². The number of carbonyl (C=O) groups is 2. The molecule has 4 rings (SSSR count). The van der Waals surface area contributed by atoms with Crippen LogP contribution in [-0.2, 0) is 44.4 Å². The standard InChI is InChI=1S/C33H42O16/c1-16-29(46-17(2)35)26(39)27(40)33(45-16)49-31-28(41)32(44-12-11-19-6-9-22(42-3)21(37)13-19)47-24(15-34)30(31)48-25(38)10-7-18-5-8-20(36)23(14-18)43-4/h5-10,13-14,16,24,26-34,36-37,39-41H,11-12,15H2,1-4H3. The van der Waals surface area contributed by atoms with Gasteiger partial charge in [-0.15, -0.1) is 0 Å². The Kier molecular flexibility index (Phi) is 13.2. The summed E-state index contributed by atoms with van der Waals surface area (Å²) in [5, 5.41) is 63.2. The summed E-state index contributed by atoms with van der Waals surface area (Å²) in [6.07, 6.45) is -12.1. The van der Waals surface area contributed by atoms with Crippen LogP contribution in [0.25, 0.3) is 6.08 Å². The van der Waals surface area contributed by atoms with Crippen molar-refractivity contribution in [3.63, 3.8) is 0 Å². The molecule has 2 aliphatic rings. The highest BCUT2D eigenvalue weighted by Gasteiger charge is 2.53. The third kappa shape index (κ3) is 9.37. The summed E-state index contributed by atoms with van der Waals surface area (Å²) >= 11 is 0. The van der Waals surface area contributed by atoms with E-state index >= 15 is 0 Å². The minimum Gasteiger partial charge on any atom is -0.504 e. The Labute approximate surface area is 281 Å². The Balaban J connectivity index is 1.54. The Bertz CT molecular complexity index is 1450. The first-order valence-corrected chi connectivity index (χ1v) is 15.4. The zero-order valence-electron chi connectivity index (χ0n) is 27.3. The molecule has 2 heterocycles. The predicted molar refractivity (Wildman–Crippen MR) is 166 cm³/mol. The molecule has 49 heavy (non-hydrogen) atoms. The van der Waals surface area contributed by atoms with Crippen molar-refractivity contribution in [1.82, 2.24) is 0 Å². The van der Waals surface area contributed by atoms with Crippen molar-refractivity contribution in [2.45, 2.75) is 81.7 Å². The Hall–Kier alpha value is -4.00. The number of aliphatic hydroxyl groups excluding tert-OH is 4. The molecule has 2 aromatic rings. The smallest absolute Gasteiger partial charge is 0.331 e. The maximum Gasteiger partial charge on any atom is 0.331 e. The third-order valence-electron chi connectivity index (χ3n) is 7.95. The van der Waals surface area contributed by atoms with Crippen LogP contribution in [0.2, 0.25) is 0 Å². The second-order valence-electron chi connectivity index (χ2n) is 11.4. The minimum atomic E-state index is -1.79. The van der Waals surface area contributed by atoms with Gasteiger partial charge in [0.25, 0.3) is 0 Å². The number of rotatable bonds is 13. The van der Waals surface area contributed by atoms with Crippen LogP contribution in [-0.4, -0.2) is 131 Å². The van der Waals surface area contributed by atoms with Crippen molar-refractivity contribution < 1.29 is 78.1 Å². The Morgan fingerprint density at radius 1 is 0.837 bits per heavy atom. The summed E-state index contributed by atoms with van der Waals surface area (Å²) in [7, 11) is 2.78. The highest BCUT2D eigenvalue weighted by molar-refractivity contribution is 5.87. The fraction of sp³-hybridized carbons (Fsp3) is 0.515. The largest absolute Gasteiger partial charge is 0.504 e. The van der Waals surface area contributed by atoms with Gasteiger partial charge in [-0.05, 0) is 54.8 Å². The van der Waals surface area contributed by atoms with Crippen molar-refractivity contribution in [2.75, 3.05) is 27.4 Å². The molecule has 0 bridgehead atoms. The number of methoxy groups -OCH3 is 2. The van der Waals surface area contributed by atoms with Crippen LogP contribution in [0.4, 0.5) is 0 Å². The average Bonchev–Trinajstić information content (AvgIpc) is 3.07. The van der Waals surface area contributed by atoms with Crippen LogP contribution in [0.15, 0.2) is 42.5 Å². The lowest BCUT2D eigenvalue weighted by Gasteiger charge is -2.46. The van der Waals surface area contributed by atoms with Gasteiger partial charge in [0.1, 0.15) is 30.5 Å². The van der Waals surface area contributed by atoms with Gasteiger partial charge in [0.05, 0.1) is 33.5 Å². The topological polar surface area (TPSA) is 229 Å². The second-order valence-corrected chi connectivity index (χ2v) is 11.4. The van der Waals surface area contributed by atoms with Crippen molar-refractivity contribution in [3.05, 3.63) is 53.6 Å². The molecular formula is C33H42O16. The number of phenols is 2. The molecule has 2 fully saturated rings. The van der Waals surface area contributed by atoms with Crippen LogP contribution in [0.1, 0.15) is 25.0 Å². The van der Waals surface area contributed by atoms with Gasteiger partial charge >= 0.3 is 11.9 Å². The van der Waals surface area contributed by atoms with Crippen LogP contribution in [0, 0.1) is 0 Å². The lowest BCUT2D eigenvalue weighted by molar-refractivity contribution is -0.357. The highest BCUT2D eigenvalue weighted by atomic mass is 16.7. The van der Waals surface area contributed by atoms with Gasteiger partial charge < -0.3 is 68.5 Å². The minimum absolute atomic E-state index is 0.0377. The van der Waals surface area contributed by atoms with Gasteiger partial charge in [-0.1, -0.05) is 12.1 Å². The molecule has 10 atom stereocenters. The zero-order chi connectivity index (χ0) is 35.8. The van der Waals surface area contributed by atoms with Gasteiger partial charge in [0.15, 0.2) is 47.8 Å². The van der Waals surface area contributed by atoms with Crippen molar-refractivity contribution in [2.24, 2.45) is 0 Å². The molecule has 0 radical (unpaired) electrons. The first-order valence-electron chi connectivity index (χ1n) is 15.4. The lowest BCUT2D eigenvalue weighted by atomic mass is 9.96. The molecule has 16 heteroatoms. The highest BCUT2D eigenvalue weighted by Crippen LogP contribution is 2.33. The van der Waals surface area contributed by atoms with Gasteiger partial charge in [-0.25, -0.2) is 4.79 Å². The number of phenolic OH excluding ortho intramolecular Hbond substituents is 2. The number of ether oxygens (including phenoxy) is 8. The summed E-state index contributed by atoms with van der Waals surface area (Å²) < 4.78 is 44.1. The lowest BCUT2D eigenvalue weighted by Crippen LogP contribution is -2.65. The van der Waals surface area contributed by atoms with E-state index in [0.29, 0.717) is 11.1 Å². The molecule has 0 aromatic heterocycles. The van der Waals surface area contributed by atoms with Gasteiger partial charge in [-0.2, -0.15) is 0 Å². The van der Waals surface area contributed by atoms with Crippen molar-refractivity contribution >= 4 is 18.0 Å². The first kappa shape index (κ1) is 37.8. The van der Waals surface area contributed by atoms with E-state index in [1.54, 1.807) is 12.1 Å². The zero-order valence-corrected chi connectivity index (χ0v) is 27.3. The summed E-state index contributed by atoms with van der Waals surface area (Å²) in [5.74, 6) is -1.39. The fourth-order valence-corrected chi connectivity index (χ4v) is 5.42. The van der Waals surface area contributed by atoms with Crippen LogP contribution >= 0.6 is 0 Å². The number of carbonyl (C=O) groups excluding carboxylic acids is 2. The molecule has 2 aromatic carbocycles. The summed E-state index contributed by atoms with van der Waals surface area (Å²) in [5.41, 5.74) is 1.14. The number of hydrogen-bond donors (Lipinski definition) is 6. The number of hydrogen-bond acceptors (Lipinski definition) is 16. The Morgan fingerprint density at radius 3 is 2.22 bits per heavy atom. The monoisotopic (exact) mass is 694 g/mol. The summed E-state index contributed by atoms with van der Waals surface area (Å²) in [4.78, 5) is 24.6. The predicted octanol–water partition coefficient (Wildman–Crippen LogP) is 0.161. The van der Waals surface area contributed by atoms with Crippen LogP contribution in [0.5, 0.6) is 23.0 Å². The van der Waals surface area contributed by atoms with E-state index < -0.39 is 80.0 Å². The molecule has 6 N–H and O–H groups in total. The molecule has 0 amide bonds. The molecule has 10 unspecified atom stereocenters. The van der Waals surface area contributed by atoms with E-state index in [-0.39, 0.29) is 36.0 Å². The molecule has 16 nitrogen and oxygen atoms in total. The SMILES string of the molecule is COc1ccc(CCOC2OC(CO)C(OC(=O)C=Cc3ccc(O)c(OC)c3)C(OC3OC(C)C(OC(C)=O)C(O)C3O)C2O)cc1O. The van der Waals surface area contributed by atoms with Crippen molar-refractivity contribution in [3.8, 4) is 23.0 Å². The molecule has 2 saturated heterocycles. The number of aliphatic hydroxyl groups is 4. The average molecular weight is 695 g/mol. The number of aromatic hydroxyl groups is 2. The fourth-order valence-electron chi connectivity index (χ4n) is 5.42. The van der Waals surface area contributed by atoms with E-state index in [1.807, 2.05) is 0 Å². The molecule has 0 aliphatic carbocycles. The first-order chi connectivity index (χ1) is 23.4. The van der Waals surface area contributed by atoms with E-state index in [2.05, 4.69) is 0 Å². The summed E-state index contributed by atoms with van der Waals surface area (Å²) in [6.45, 7) is 1.84.